The summed E-state index contributed by atoms with van der Waals surface area (Å²) in [5.41, 5.74) is 1.15. The van der Waals surface area contributed by atoms with Gasteiger partial charge in [0, 0.05) is 70.7 Å². The Kier molecular flexibility index (Phi) is 8.68. The molecule has 0 radical (unpaired) electrons. The molecule has 3 atom stereocenters. The smallest absolute Gasteiger partial charge is 0.257 e. The summed E-state index contributed by atoms with van der Waals surface area (Å²) in [6, 6.07) is 5.53. The second kappa shape index (κ2) is 11.7. The van der Waals surface area contributed by atoms with Crippen LogP contribution in [-0.4, -0.2) is 87.4 Å². The van der Waals surface area contributed by atoms with Crippen LogP contribution in [0.2, 0.25) is 0 Å². The first-order valence-corrected chi connectivity index (χ1v) is 13.0. The van der Waals surface area contributed by atoms with Crippen molar-refractivity contribution >= 4 is 17.5 Å². The lowest BCUT2D eigenvalue weighted by atomic mass is 9.99. The molecule has 2 heterocycles. The molecular weight excluding hydrogens is 446 g/mol. The molecule has 4 rings (SSSR count). The first-order chi connectivity index (χ1) is 16.9. The monoisotopic (exact) mass is 487 g/mol. The topological polar surface area (TPSA) is 80.3 Å². The van der Waals surface area contributed by atoms with Gasteiger partial charge in [-0.15, -0.1) is 0 Å². The molecule has 0 bridgehead atoms. The van der Waals surface area contributed by atoms with Gasteiger partial charge in [0.2, 0.25) is 5.91 Å². The van der Waals surface area contributed by atoms with E-state index in [1.54, 1.807) is 30.2 Å². The molecule has 0 unspecified atom stereocenters. The molecule has 1 saturated carbocycles. The molecule has 3 aliphatic rings. The van der Waals surface area contributed by atoms with Crippen molar-refractivity contribution in [2.24, 2.45) is 17.8 Å². The molecule has 0 spiro atoms. The number of rotatable bonds is 5. The Morgan fingerprint density at radius 1 is 1.14 bits per heavy atom. The molecule has 8 nitrogen and oxygen atoms in total. The third-order valence-electron chi connectivity index (χ3n) is 7.63. The highest BCUT2D eigenvalue weighted by atomic mass is 16.5. The zero-order valence-corrected chi connectivity index (χ0v) is 21.6. The standard InChI is InChI=1S/C27H41N3O5/c1-18-14-30(15-20-5-6-20)19(2)17-35-24-13-22(28-26(31)21-9-11-34-12-10-21)7-8-23(24)27(32)29(3)16-25(18)33-4/h7-8,13,18-21,25H,5-6,9-12,14-17H2,1-4H3,(H,28,31)/t18-,19+,25+/m1/s1. The Balaban J connectivity index is 1.57. The fraction of sp³-hybridized carbons (Fsp3) is 0.704. The number of methoxy groups -OCH3 is 1. The molecule has 8 heteroatoms. The summed E-state index contributed by atoms with van der Waals surface area (Å²) in [4.78, 5) is 30.4. The van der Waals surface area contributed by atoms with Crippen molar-refractivity contribution in [3.8, 4) is 5.75 Å². The minimum atomic E-state index is -0.111. The van der Waals surface area contributed by atoms with Crippen LogP contribution >= 0.6 is 0 Å². The van der Waals surface area contributed by atoms with E-state index in [9.17, 15) is 9.59 Å². The van der Waals surface area contributed by atoms with Gasteiger partial charge in [-0.3, -0.25) is 14.5 Å². The van der Waals surface area contributed by atoms with E-state index in [1.807, 2.05) is 7.05 Å². The van der Waals surface area contributed by atoms with E-state index in [1.165, 1.54) is 12.8 Å². The largest absolute Gasteiger partial charge is 0.491 e. The van der Waals surface area contributed by atoms with Gasteiger partial charge >= 0.3 is 0 Å². The van der Waals surface area contributed by atoms with Crippen molar-refractivity contribution in [1.82, 2.24) is 9.80 Å². The van der Waals surface area contributed by atoms with Crippen LogP contribution in [0.4, 0.5) is 5.69 Å². The lowest BCUT2D eigenvalue weighted by Crippen LogP contribution is -2.47. The maximum atomic E-state index is 13.4. The summed E-state index contributed by atoms with van der Waals surface area (Å²) in [7, 11) is 3.53. The van der Waals surface area contributed by atoms with Crippen LogP contribution in [0.3, 0.4) is 0 Å². The number of nitrogens with one attached hydrogen (secondary N) is 1. The van der Waals surface area contributed by atoms with Crippen LogP contribution in [0.1, 0.15) is 49.9 Å². The number of likely N-dealkylation sites (N-methyl/N-ethyl adjacent to an activating group) is 1. The van der Waals surface area contributed by atoms with Crippen molar-refractivity contribution in [3.05, 3.63) is 23.8 Å². The van der Waals surface area contributed by atoms with Gasteiger partial charge in [-0.2, -0.15) is 0 Å². The summed E-state index contributed by atoms with van der Waals surface area (Å²) in [6.07, 6.45) is 3.98. The number of fused-ring (bicyclic) bond motifs is 1. The van der Waals surface area contributed by atoms with E-state index in [2.05, 4.69) is 24.1 Å². The Morgan fingerprint density at radius 2 is 1.89 bits per heavy atom. The van der Waals surface area contributed by atoms with Gasteiger partial charge in [0.25, 0.3) is 5.91 Å². The maximum absolute atomic E-state index is 13.4. The summed E-state index contributed by atoms with van der Waals surface area (Å²) < 4.78 is 17.5. The number of nitrogens with zero attached hydrogens (tertiary/aromatic N) is 2. The molecule has 2 amide bonds. The summed E-state index contributed by atoms with van der Waals surface area (Å²) in [5, 5.41) is 3.02. The number of ether oxygens (including phenoxy) is 3. The summed E-state index contributed by atoms with van der Waals surface area (Å²) in [5.74, 6) is 1.38. The molecule has 194 valence electrons. The molecule has 2 aliphatic heterocycles. The van der Waals surface area contributed by atoms with Gasteiger partial charge in [0.1, 0.15) is 12.4 Å². The number of carbonyl (C=O) groups excluding carboxylic acids is 2. The average Bonchev–Trinajstić information content (AvgIpc) is 3.69. The van der Waals surface area contributed by atoms with Crippen molar-refractivity contribution in [2.45, 2.75) is 51.7 Å². The number of anilines is 1. The minimum absolute atomic E-state index is 0.00857. The van der Waals surface area contributed by atoms with Crippen molar-refractivity contribution < 1.29 is 23.8 Å². The fourth-order valence-electron chi connectivity index (χ4n) is 5.02. The van der Waals surface area contributed by atoms with Gasteiger partial charge in [-0.05, 0) is 56.6 Å². The normalized spacial score (nSPS) is 27.4. The van der Waals surface area contributed by atoms with Gasteiger partial charge in [0.05, 0.1) is 11.7 Å². The molecular formula is C27H41N3O5. The number of hydrogen-bond acceptors (Lipinski definition) is 6. The third kappa shape index (κ3) is 6.74. The van der Waals surface area contributed by atoms with Crippen molar-refractivity contribution in [2.75, 3.05) is 58.9 Å². The number of hydrogen-bond donors (Lipinski definition) is 1. The van der Waals surface area contributed by atoms with E-state index in [0.717, 1.165) is 31.8 Å². The Morgan fingerprint density at radius 3 is 2.57 bits per heavy atom. The van der Waals surface area contributed by atoms with E-state index < -0.39 is 0 Å². The molecule has 35 heavy (non-hydrogen) atoms. The number of carbonyl (C=O) groups is 2. The number of amides is 2. The number of benzene rings is 1. The molecule has 2 fully saturated rings. The van der Waals surface area contributed by atoms with E-state index in [0.29, 0.717) is 43.4 Å². The first-order valence-electron chi connectivity index (χ1n) is 13.0. The summed E-state index contributed by atoms with van der Waals surface area (Å²) in [6.45, 7) is 8.55. The van der Waals surface area contributed by atoms with Crippen LogP contribution in [0.25, 0.3) is 0 Å². The first kappa shape index (κ1) is 25.9. The van der Waals surface area contributed by atoms with Crippen LogP contribution in [0.5, 0.6) is 5.75 Å². The zero-order valence-electron chi connectivity index (χ0n) is 21.6. The average molecular weight is 488 g/mol. The van der Waals surface area contributed by atoms with E-state index in [4.69, 9.17) is 14.2 Å². The highest BCUT2D eigenvalue weighted by Gasteiger charge is 2.32. The molecule has 0 aromatic heterocycles. The second-order valence-corrected chi connectivity index (χ2v) is 10.6. The molecule has 1 aromatic rings. The predicted molar refractivity (Wildman–Crippen MR) is 135 cm³/mol. The van der Waals surface area contributed by atoms with Crippen molar-refractivity contribution in [1.29, 1.82) is 0 Å². The van der Waals surface area contributed by atoms with Crippen LogP contribution < -0.4 is 10.1 Å². The zero-order chi connectivity index (χ0) is 24.9. The molecule has 1 aliphatic carbocycles. The lowest BCUT2D eigenvalue weighted by Gasteiger charge is -2.36. The fourth-order valence-corrected chi connectivity index (χ4v) is 5.02. The van der Waals surface area contributed by atoms with E-state index >= 15 is 0 Å². The second-order valence-electron chi connectivity index (χ2n) is 10.6. The van der Waals surface area contributed by atoms with Gasteiger partial charge in [0.15, 0.2) is 0 Å². The SMILES string of the molecule is CO[C@H]1CN(C)C(=O)c2ccc(NC(=O)C3CCOCC3)cc2OC[C@H](C)N(CC2CC2)C[C@H]1C. The van der Waals surface area contributed by atoms with Crippen LogP contribution in [0.15, 0.2) is 18.2 Å². The van der Waals surface area contributed by atoms with Crippen LogP contribution in [0, 0.1) is 17.8 Å². The predicted octanol–water partition coefficient (Wildman–Crippen LogP) is 3.27. The van der Waals surface area contributed by atoms with Gasteiger partial charge in [-0.25, -0.2) is 0 Å². The minimum Gasteiger partial charge on any atom is -0.491 e. The highest BCUT2D eigenvalue weighted by molar-refractivity contribution is 5.98. The lowest BCUT2D eigenvalue weighted by molar-refractivity contribution is -0.122. The molecule has 1 saturated heterocycles. The molecule has 1 aromatic carbocycles. The highest BCUT2D eigenvalue weighted by Crippen LogP contribution is 2.32. The third-order valence-corrected chi connectivity index (χ3v) is 7.63. The molecule has 1 N–H and O–H groups in total. The Bertz CT molecular complexity index is 884. The summed E-state index contributed by atoms with van der Waals surface area (Å²) >= 11 is 0. The Labute approximate surface area is 209 Å². The van der Waals surface area contributed by atoms with Crippen molar-refractivity contribution in [3.63, 3.8) is 0 Å². The quantitative estimate of drug-likeness (QED) is 0.687. The Hall–Kier alpha value is -2.16. The van der Waals surface area contributed by atoms with Gasteiger partial charge < -0.3 is 24.4 Å². The van der Waals surface area contributed by atoms with Gasteiger partial charge in [-0.1, -0.05) is 6.92 Å². The van der Waals surface area contributed by atoms with E-state index in [-0.39, 0.29) is 35.8 Å². The maximum Gasteiger partial charge on any atom is 0.257 e. The van der Waals surface area contributed by atoms with Crippen LogP contribution in [-0.2, 0) is 14.3 Å².